The molecule has 0 atom stereocenters. The first-order chi connectivity index (χ1) is 9.59. The molecule has 1 aliphatic rings. The third kappa shape index (κ3) is 3.69. The lowest BCUT2D eigenvalue weighted by atomic mass is 10.2. The van der Waals surface area contributed by atoms with E-state index < -0.39 is 5.82 Å². The van der Waals surface area contributed by atoms with Gasteiger partial charge in [-0.3, -0.25) is 9.69 Å². The Balaban J connectivity index is 1.92. The molecular formula is C14H19ClFN3O. The van der Waals surface area contributed by atoms with Crippen LogP contribution < -0.4 is 5.32 Å². The van der Waals surface area contributed by atoms with Crippen molar-refractivity contribution < 1.29 is 9.18 Å². The molecule has 1 fully saturated rings. The minimum Gasteiger partial charge on any atom is -0.340 e. The van der Waals surface area contributed by atoms with Crippen molar-refractivity contribution in [2.75, 3.05) is 46.3 Å². The maximum Gasteiger partial charge on any atom is 0.256 e. The zero-order valence-electron chi connectivity index (χ0n) is 11.5. The van der Waals surface area contributed by atoms with Crippen molar-refractivity contribution in [1.29, 1.82) is 0 Å². The van der Waals surface area contributed by atoms with Crippen molar-refractivity contribution in [2.24, 2.45) is 0 Å². The molecule has 0 radical (unpaired) electrons. The number of likely N-dealkylation sites (N-methyl/N-ethyl adjacent to an activating group) is 1. The number of nitrogens with zero attached hydrogens (tertiary/aromatic N) is 2. The van der Waals surface area contributed by atoms with E-state index in [1.165, 1.54) is 17.0 Å². The lowest BCUT2D eigenvalue weighted by Gasteiger charge is -2.29. The molecule has 0 saturated carbocycles. The smallest absolute Gasteiger partial charge is 0.256 e. The maximum absolute atomic E-state index is 13.8. The second kappa shape index (κ2) is 7.02. The van der Waals surface area contributed by atoms with E-state index in [1.54, 1.807) is 13.1 Å². The molecule has 1 aromatic carbocycles. The summed E-state index contributed by atoms with van der Waals surface area (Å²) < 4.78 is 13.8. The zero-order chi connectivity index (χ0) is 14.5. The van der Waals surface area contributed by atoms with Crippen LogP contribution in [0.3, 0.4) is 0 Å². The molecule has 1 amide bonds. The average Bonchev–Trinajstić information content (AvgIpc) is 2.48. The van der Waals surface area contributed by atoms with Gasteiger partial charge in [-0.2, -0.15) is 0 Å². The van der Waals surface area contributed by atoms with E-state index in [9.17, 15) is 9.18 Å². The number of piperazine rings is 1. The predicted octanol–water partition coefficient (Wildman–Crippen LogP) is 1.46. The van der Waals surface area contributed by atoms with Crippen LogP contribution >= 0.6 is 11.6 Å². The molecule has 2 rings (SSSR count). The van der Waals surface area contributed by atoms with Gasteiger partial charge in [-0.15, -0.1) is 0 Å². The predicted molar refractivity (Wildman–Crippen MR) is 77.7 cm³/mol. The van der Waals surface area contributed by atoms with E-state index in [1.807, 2.05) is 0 Å². The summed E-state index contributed by atoms with van der Waals surface area (Å²) in [6.07, 6.45) is 0. The Labute approximate surface area is 123 Å². The van der Waals surface area contributed by atoms with Gasteiger partial charge in [0.05, 0.1) is 10.6 Å². The summed E-state index contributed by atoms with van der Waals surface area (Å²) in [6, 6.07) is 4.49. The molecule has 1 aliphatic heterocycles. The van der Waals surface area contributed by atoms with Crippen LogP contribution in [0.1, 0.15) is 10.4 Å². The topological polar surface area (TPSA) is 35.6 Å². The van der Waals surface area contributed by atoms with E-state index in [0.717, 1.165) is 32.7 Å². The maximum atomic E-state index is 13.8. The quantitative estimate of drug-likeness (QED) is 0.914. The van der Waals surface area contributed by atoms with Crippen LogP contribution in [0.25, 0.3) is 0 Å². The van der Waals surface area contributed by atoms with Gasteiger partial charge < -0.3 is 10.2 Å². The minimum absolute atomic E-state index is 0.0219. The fourth-order valence-electron chi connectivity index (χ4n) is 2.20. The van der Waals surface area contributed by atoms with E-state index >= 15 is 0 Å². The summed E-state index contributed by atoms with van der Waals surface area (Å²) in [5.74, 6) is -0.978. The summed E-state index contributed by atoms with van der Waals surface area (Å²) in [5.41, 5.74) is 0.0281. The van der Waals surface area contributed by atoms with Crippen molar-refractivity contribution >= 4 is 17.5 Å². The Morgan fingerprint density at radius 2 is 2.15 bits per heavy atom. The van der Waals surface area contributed by atoms with Gasteiger partial charge in [0.15, 0.2) is 5.82 Å². The molecule has 110 valence electrons. The number of halogens is 2. The molecule has 0 unspecified atom stereocenters. The first kappa shape index (κ1) is 15.2. The number of carbonyl (C=O) groups excluding carboxylic acids is 1. The Bertz CT molecular complexity index is 477. The van der Waals surface area contributed by atoms with Crippen LogP contribution in [0.15, 0.2) is 18.2 Å². The van der Waals surface area contributed by atoms with Crippen LogP contribution in [0.4, 0.5) is 4.39 Å². The molecule has 1 saturated heterocycles. The number of hydrogen-bond donors (Lipinski definition) is 1. The molecule has 6 heteroatoms. The number of amides is 1. The third-order valence-electron chi connectivity index (χ3n) is 3.49. The van der Waals surface area contributed by atoms with Gasteiger partial charge >= 0.3 is 0 Å². The summed E-state index contributed by atoms with van der Waals surface area (Å²) in [6.45, 7) is 5.28. The van der Waals surface area contributed by atoms with Gasteiger partial charge in [0.25, 0.3) is 5.91 Å². The first-order valence-electron chi connectivity index (χ1n) is 6.72. The van der Waals surface area contributed by atoms with Crippen LogP contribution in [0, 0.1) is 5.82 Å². The highest BCUT2D eigenvalue weighted by atomic mass is 35.5. The van der Waals surface area contributed by atoms with Crippen molar-refractivity contribution in [3.63, 3.8) is 0 Å². The van der Waals surface area contributed by atoms with Gasteiger partial charge in [0, 0.05) is 46.3 Å². The Morgan fingerprint density at radius 3 is 2.85 bits per heavy atom. The molecule has 1 N–H and O–H groups in total. The Hall–Kier alpha value is -1.17. The third-order valence-corrected chi connectivity index (χ3v) is 3.78. The lowest BCUT2D eigenvalue weighted by molar-refractivity contribution is 0.0770. The highest BCUT2D eigenvalue weighted by Gasteiger charge is 2.18. The molecule has 0 bridgehead atoms. The lowest BCUT2D eigenvalue weighted by Crippen LogP contribution is -2.46. The summed E-state index contributed by atoms with van der Waals surface area (Å²) >= 11 is 5.70. The van der Waals surface area contributed by atoms with Gasteiger partial charge in [-0.1, -0.05) is 17.7 Å². The fourth-order valence-corrected chi connectivity index (χ4v) is 2.38. The van der Waals surface area contributed by atoms with Gasteiger partial charge in [-0.25, -0.2) is 4.39 Å². The van der Waals surface area contributed by atoms with Crippen LogP contribution in [-0.2, 0) is 0 Å². The van der Waals surface area contributed by atoms with Gasteiger partial charge in [-0.05, 0) is 12.1 Å². The highest BCUT2D eigenvalue weighted by Crippen LogP contribution is 2.18. The standard InChI is InChI=1S/C14H19ClFN3O/c1-18(9-10-19-7-5-17-6-8-19)14(20)11-3-2-4-12(15)13(11)16/h2-4,17H,5-10H2,1H3. The Kier molecular flexibility index (Phi) is 5.34. The van der Waals surface area contributed by atoms with Crippen LogP contribution in [-0.4, -0.2) is 62.0 Å². The molecule has 4 nitrogen and oxygen atoms in total. The SMILES string of the molecule is CN(CCN1CCNCC1)C(=O)c1cccc(Cl)c1F. The van der Waals surface area contributed by atoms with Crippen LogP contribution in [0.5, 0.6) is 0 Å². The number of carbonyl (C=O) groups is 1. The number of hydrogen-bond acceptors (Lipinski definition) is 3. The minimum atomic E-state index is -0.645. The molecule has 0 spiro atoms. The van der Waals surface area contributed by atoms with E-state index in [2.05, 4.69) is 10.2 Å². The van der Waals surface area contributed by atoms with E-state index in [0.29, 0.717) is 6.54 Å². The molecule has 0 aromatic heterocycles. The highest BCUT2D eigenvalue weighted by molar-refractivity contribution is 6.31. The van der Waals surface area contributed by atoms with Crippen molar-refractivity contribution in [1.82, 2.24) is 15.1 Å². The molecule has 1 heterocycles. The number of rotatable bonds is 4. The monoisotopic (exact) mass is 299 g/mol. The zero-order valence-corrected chi connectivity index (χ0v) is 12.3. The molecular weight excluding hydrogens is 281 g/mol. The van der Waals surface area contributed by atoms with Gasteiger partial charge in [0.1, 0.15) is 0 Å². The summed E-state index contributed by atoms with van der Waals surface area (Å²) in [5, 5.41) is 3.26. The second-order valence-electron chi connectivity index (χ2n) is 4.92. The van der Waals surface area contributed by atoms with Crippen LogP contribution in [0.2, 0.25) is 5.02 Å². The van der Waals surface area contributed by atoms with Crippen molar-refractivity contribution in [2.45, 2.75) is 0 Å². The largest absolute Gasteiger partial charge is 0.340 e. The van der Waals surface area contributed by atoms with Gasteiger partial charge in [0.2, 0.25) is 0 Å². The second-order valence-corrected chi connectivity index (χ2v) is 5.33. The molecule has 0 aliphatic carbocycles. The normalized spacial score (nSPS) is 16.1. The van der Waals surface area contributed by atoms with Crippen molar-refractivity contribution in [3.05, 3.63) is 34.6 Å². The summed E-state index contributed by atoms with van der Waals surface area (Å²) in [4.78, 5) is 16.0. The number of benzene rings is 1. The van der Waals surface area contributed by atoms with E-state index in [4.69, 9.17) is 11.6 Å². The Morgan fingerprint density at radius 1 is 1.45 bits per heavy atom. The average molecular weight is 300 g/mol. The summed E-state index contributed by atoms with van der Waals surface area (Å²) in [7, 11) is 1.69. The first-order valence-corrected chi connectivity index (χ1v) is 7.10. The molecule has 1 aromatic rings. The number of nitrogens with one attached hydrogen (secondary N) is 1. The van der Waals surface area contributed by atoms with E-state index in [-0.39, 0.29) is 16.5 Å². The fraction of sp³-hybridized carbons (Fsp3) is 0.500. The molecule has 20 heavy (non-hydrogen) atoms. The van der Waals surface area contributed by atoms with Crippen molar-refractivity contribution in [3.8, 4) is 0 Å².